The minimum absolute atomic E-state index is 0.0465. The number of aromatic nitrogens is 3. The van der Waals surface area contributed by atoms with E-state index in [9.17, 15) is 4.79 Å². The normalized spacial score (nSPS) is 10.9. The monoisotopic (exact) mass is 240 g/mol. The lowest BCUT2D eigenvalue weighted by Crippen LogP contribution is -2.04. The highest BCUT2D eigenvalue weighted by molar-refractivity contribution is 6.36. The van der Waals surface area contributed by atoms with Gasteiger partial charge in [0.05, 0.1) is 21.7 Å². The van der Waals surface area contributed by atoms with Crippen LogP contribution in [0.25, 0.3) is 11.0 Å². The Labute approximate surface area is 95.4 Å². The Morgan fingerprint density at radius 2 is 2.31 bits per heavy atom. The molecule has 2 aromatic heterocycles. The number of fused-ring (bicyclic) bond motifs is 1. The molecule has 0 fully saturated rings. The van der Waals surface area contributed by atoms with E-state index in [1.54, 1.807) is 0 Å². The summed E-state index contributed by atoms with van der Waals surface area (Å²) in [6, 6.07) is 0. The summed E-state index contributed by atoms with van der Waals surface area (Å²) in [5.74, 6) is -0.982. The Hall–Kier alpha value is -1.82. The first-order chi connectivity index (χ1) is 7.56. The van der Waals surface area contributed by atoms with Gasteiger partial charge in [-0.2, -0.15) is 5.10 Å². The highest BCUT2D eigenvalue weighted by Crippen LogP contribution is 2.30. The molecule has 4 N–H and O–H groups in total. The summed E-state index contributed by atoms with van der Waals surface area (Å²) in [4.78, 5) is 15.3. The van der Waals surface area contributed by atoms with Gasteiger partial charge < -0.3 is 10.8 Å². The number of nitrogens with zero attached hydrogens (tertiary/aromatic N) is 2. The van der Waals surface area contributed by atoms with Crippen molar-refractivity contribution in [3.05, 3.63) is 16.3 Å². The number of carbonyl (C=O) groups is 1. The highest BCUT2D eigenvalue weighted by Gasteiger charge is 2.21. The summed E-state index contributed by atoms with van der Waals surface area (Å²) >= 11 is 5.97. The zero-order valence-corrected chi connectivity index (χ0v) is 9.17. The van der Waals surface area contributed by atoms with Crippen molar-refractivity contribution in [2.24, 2.45) is 0 Å². The molecule has 0 atom stereocenters. The van der Waals surface area contributed by atoms with Crippen molar-refractivity contribution in [2.45, 2.75) is 13.3 Å². The Morgan fingerprint density at radius 3 is 2.88 bits per heavy atom. The number of aromatic amines is 1. The number of pyridine rings is 1. The molecular weight excluding hydrogens is 232 g/mol. The maximum absolute atomic E-state index is 11.1. The van der Waals surface area contributed by atoms with Gasteiger partial charge in [0.15, 0.2) is 5.65 Å². The Bertz CT molecular complexity index is 578. The molecule has 0 bridgehead atoms. The molecule has 0 aromatic carbocycles. The number of nitrogens with two attached hydrogens (primary N) is 1. The quantitative estimate of drug-likeness (QED) is 0.737. The molecule has 2 aromatic rings. The van der Waals surface area contributed by atoms with E-state index in [1.807, 2.05) is 6.92 Å². The van der Waals surface area contributed by atoms with Gasteiger partial charge in [-0.1, -0.05) is 18.5 Å². The van der Waals surface area contributed by atoms with Crippen LogP contribution in [0.15, 0.2) is 0 Å². The molecule has 84 valence electrons. The summed E-state index contributed by atoms with van der Waals surface area (Å²) in [7, 11) is 0. The summed E-state index contributed by atoms with van der Waals surface area (Å²) in [6.07, 6.45) is 0.530. The number of aryl methyl sites for hydroxylation is 1. The Balaban J connectivity index is 2.94. The van der Waals surface area contributed by atoms with Crippen LogP contribution in [0, 0.1) is 0 Å². The number of carboxylic acids is 1. The first kappa shape index (κ1) is 10.7. The van der Waals surface area contributed by atoms with Gasteiger partial charge in [0.2, 0.25) is 0 Å². The minimum atomic E-state index is -1.14. The van der Waals surface area contributed by atoms with Gasteiger partial charge in [-0.05, 0) is 6.42 Å². The number of aromatic carboxylic acids is 1. The van der Waals surface area contributed by atoms with Gasteiger partial charge in [-0.15, -0.1) is 0 Å². The number of hydrogen-bond donors (Lipinski definition) is 3. The van der Waals surface area contributed by atoms with Crippen LogP contribution >= 0.6 is 11.6 Å². The third-order valence-corrected chi connectivity index (χ3v) is 2.69. The van der Waals surface area contributed by atoms with Crippen molar-refractivity contribution in [2.75, 3.05) is 5.73 Å². The van der Waals surface area contributed by atoms with Crippen LogP contribution in [0.1, 0.15) is 23.0 Å². The lowest BCUT2D eigenvalue weighted by atomic mass is 10.1. The Kier molecular flexibility index (Phi) is 2.43. The van der Waals surface area contributed by atoms with Crippen molar-refractivity contribution >= 4 is 34.4 Å². The molecule has 0 unspecified atom stereocenters. The fourth-order valence-electron chi connectivity index (χ4n) is 1.54. The van der Waals surface area contributed by atoms with E-state index < -0.39 is 5.97 Å². The summed E-state index contributed by atoms with van der Waals surface area (Å²) in [5, 5.41) is 15.8. The number of H-pyrrole nitrogens is 1. The number of rotatable bonds is 2. The molecule has 0 aliphatic rings. The van der Waals surface area contributed by atoms with Crippen molar-refractivity contribution in [3.63, 3.8) is 0 Å². The largest absolute Gasteiger partial charge is 0.478 e. The van der Waals surface area contributed by atoms with Crippen LogP contribution in [0.2, 0.25) is 5.02 Å². The zero-order valence-electron chi connectivity index (χ0n) is 8.41. The van der Waals surface area contributed by atoms with Crippen molar-refractivity contribution < 1.29 is 9.90 Å². The van der Waals surface area contributed by atoms with Crippen LogP contribution in [-0.2, 0) is 6.42 Å². The van der Waals surface area contributed by atoms with Gasteiger partial charge in [-0.3, -0.25) is 5.10 Å². The first-order valence-electron chi connectivity index (χ1n) is 4.61. The van der Waals surface area contributed by atoms with Crippen molar-refractivity contribution in [3.8, 4) is 0 Å². The number of nitrogen functional groups attached to an aromatic ring is 1. The van der Waals surface area contributed by atoms with E-state index in [1.165, 1.54) is 0 Å². The second-order valence-electron chi connectivity index (χ2n) is 3.24. The molecule has 0 radical (unpaired) electrons. The number of halogens is 1. The zero-order chi connectivity index (χ0) is 11.9. The number of anilines is 1. The maximum atomic E-state index is 11.1. The van der Waals surface area contributed by atoms with Gasteiger partial charge in [0, 0.05) is 0 Å². The molecule has 16 heavy (non-hydrogen) atoms. The van der Waals surface area contributed by atoms with Crippen LogP contribution in [0.4, 0.5) is 5.82 Å². The van der Waals surface area contributed by atoms with Crippen LogP contribution < -0.4 is 5.73 Å². The second-order valence-corrected chi connectivity index (χ2v) is 3.62. The van der Waals surface area contributed by atoms with Gasteiger partial charge in [0.1, 0.15) is 5.82 Å². The van der Waals surface area contributed by atoms with E-state index in [0.29, 0.717) is 12.1 Å². The second kappa shape index (κ2) is 3.64. The number of nitrogens with one attached hydrogen (secondary N) is 1. The van der Waals surface area contributed by atoms with Crippen LogP contribution in [-0.4, -0.2) is 26.3 Å². The van der Waals surface area contributed by atoms with Gasteiger partial charge in [0.25, 0.3) is 0 Å². The minimum Gasteiger partial charge on any atom is -0.478 e. The third-order valence-electron chi connectivity index (χ3n) is 2.29. The molecule has 0 saturated carbocycles. The fraction of sp³-hybridized carbons (Fsp3) is 0.222. The summed E-state index contributed by atoms with van der Waals surface area (Å²) in [6.45, 7) is 1.84. The average Bonchev–Trinajstić information content (AvgIpc) is 2.59. The van der Waals surface area contributed by atoms with Crippen molar-refractivity contribution in [1.29, 1.82) is 0 Å². The molecule has 7 heteroatoms. The van der Waals surface area contributed by atoms with Crippen LogP contribution in [0.5, 0.6) is 0 Å². The van der Waals surface area contributed by atoms with Crippen molar-refractivity contribution in [1.82, 2.24) is 15.2 Å². The first-order valence-corrected chi connectivity index (χ1v) is 4.99. The number of carboxylic acid groups (broad SMARTS) is 1. The molecule has 2 rings (SSSR count). The summed E-state index contributed by atoms with van der Waals surface area (Å²) in [5.41, 5.74) is 6.32. The van der Waals surface area contributed by atoms with Gasteiger partial charge in [-0.25, -0.2) is 9.78 Å². The average molecular weight is 241 g/mol. The highest BCUT2D eigenvalue weighted by atomic mass is 35.5. The predicted molar refractivity (Wildman–Crippen MR) is 59.6 cm³/mol. The lowest BCUT2D eigenvalue weighted by Gasteiger charge is -2.05. The Morgan fingerprint density at radius 1 is 1.62 bits per heavy atom. The maximum Gasteiger partial charge on any atom is 0.338 e. The van der Waals surface area contributed by atoms with E-state index in [0.717, 1.165) is 0 Å². The lowest BCUT2D eigenvalue weighted by molar-refractivity contribution is 0.0699. The molecule has 6 nitrogen and oxygen atoms in total. The molecule has 2 heterocycles. The fourth-order valence-corrected chi connectivity index (χ4v) is 1.89. The molecule has 0 saturated heterocycles. The third kappa shape index (κ3) is 1.38. The van der Waals surface area contributed by atoms with E-state index in [-0.39, 0.29) is 27.4 Å². The van der Waals surface area contributed by atoms with E-state index in [2.05, 4.69) is 15.2 Å². The molecule has 0 amide bonds. The molecular formula is C9H9ClN4O2. The SMILES string of the molecule is CCc1nc2n[nH]c(N)c2c(C(=O)O)c1Cl. The topological polar surface area (TPSA) is 105 Å². The predicted octanol–water partition coefficient (Wildman–Crippen LogP) is 1.45. The molecule has 0 spiro atoms. The van der Waals surface area contributed by atoms with Crippen LogP contribution in [0.3, 0.4) is 0 Å². The van der Waals surface area contributed by atoms with Gasteiger partial charge >= 0.3 is 5.97 Å². The van der Waals surface area contributed by atoms with E-state index in [4.69, 9.17) is 22.4 Å². The standard InChI is InChI=1S/C9H9ClN4O2/c1-2-3-6(10)4(9(15)16)5-7(11)13-14-8(5)12-3/h2H2,1H3,(H,15,16)(H3,11,12,13,14). The number of hydrogen-bond acceptors (Lipinski definition) is 4. The summed E-state index contributed by atoms with van der Waals surface area (Å²) < 4.78 is 0. The smallest absolute Gasteiger partial charge is 0.338 e. The van der Waals surface area contributed by atoms with E-state index >= 15 is 0 Å². The molecule has 0 aliphatic heterocycles. The molecule has 0 aliphatic carbocycles.